The third-order valence-electron chi connectivity index (χ3n) is 4.07. The first kappa shape index (κ1) is 18.5. The number of anilines is 2. The van der Waals surface area contributed by atoms with Crippen LogP contribution in [0.2, 0.25) is 5.02 Å². The van der Waals surface area contributed by atoms with Gasteiger partial charge in [0.05, 0.1) is 11.4 Å². The van der Waals surface area contributed by atoms with Gasteiger partial charge in [-0.1, -0.05) is 23.7 Å². The zero-order chi connectivity index (χ0) is 19.0. The molecule has 3 rings (SSSR count). The van der Waals surface area contributed by atoms with E-state index >= 15 is 0 Å². The lowest BCUT2D eigenvalue weighted by Crippen LogP contribution is -2.35. The van der Waals surface area contributed by atoms with Crippen LogP contribution in [0.15, 0.2) is 46.4 Å². The maximum atomic E-state index is 12.7. The first-order valence-electron chi connectivity index (χ1n) is 7.88. The number of hydrogen-bond acceptors (Lipinski definition) is 3. The fraction of sp³-hybridized carbons (Fsp3) is 0.158. The van der Waals surface area contributed by atoms with E-state index in [-0.39, 0.29) is 5.57 Å². The minimum atomic E-state index is -0.445. The van der Waals surface area contributed by atoms with Crippen molar-refractivity contribution in [3.63, 3.8) is 0 Å². The van der Waals surface area contributed by atoms with E-state index in [1.807, 2.05) is 44.1 Å². The van der Waals surface area contributed by atoms with Crippen molar-refractivity contribution in [2.75, 3.05) is 24.0 Å². The van der Waals surface area contributed by atoms with E-state index in [0.717, 1.165) is 21.3 Å². The summed E-state index contributed by atoms with van der Waals surface area (Å²) in [5, 5.41) is 1.74. The van der Waals surface area contributed by atoms with Gasteiger partial charge in [0.2, 0.25) is 0 Å². The van der Waals surface area contributed by atoms with Gasteiger partial charge >= 0.3 is 0 Å². The summed E-state index contributed by atoms with van der Waals surface area (Å²) < 4.78 is 0.880. The van der Waals surface area contributed by atoms with Gasteiger partial charge in [-0.2, -0.15) is 0 Å². The van der Waals surface area contributed by atoms with Gasteiger partial charge in [-0.3, -0.25) is 15.0 Å². The maximum absolute atomic E-state index is 12.7. The number of hydrogen-bond donors (Lipinski definition) is 1. The van der Waals surface area contributed by atoms with Crippen molar-refractivity contribution < 1.29 is 9.59 Å². The Hall–Kier alpha value is -2.31. The summed E-state index contributed by atoms with van der Waals surface area (Å²) in [4.78, 5) is 26.9. The summed E-state index contributed by atoms with van der Waals surface area (Å²) in [6.45, 7) is 1.87. The minimum absolute atomic E-state index is 0.0752. The predicted octanol–water partition coefficient (Wildman–Crippen LogP) is 3.94. The summed E-state index contributed by atoms with van der Waals surface area (Å²) in [7, 11) is 3.88. The molecule has 0 unspecified atom stereocenters. The lowest BCUT2D eigenvalue weighted by Gasteiger charge is -2.15. The molecular weight excluding hydrogens is 418 g/mol. The first-order chi connectivity index (χ1) is 12.3. The highest BCUT2D eigenvalue weighted by Crippen LogP contribution is 2.29. The third kappa shape index (κ3) is 3.48. The highest BCUT2D eigenvalue weighted by molar-refractivity contribution is 9.10. The topological polar surface area (TPSA) is 52.7 Å². The normalized spacial score (nSPS) is 15.6. The molecule has 0 aliphatic carbocycles. The third-order valence-corrected chi connectivity index (χ3v) is 5.11. The van der Waals surface area contributed by atoms with Crippen molar-refractivity contribution in [2.24, 2.45) is 0 Å². The van der Waals surface area contributed by atoms with E-state index in [2.05, 4.69) is 21.4 Å². The molecule has 1 fully saturated rings. The number of rotatable bonds is 3. The quantitative estimate of drug-likeness (QED) is 0.588. The number of carbonyl (C=O) groups is 2. The second kappa shape index (κ2) is 7.13. The number of nitrogens with one attached hydrogen (secondary N) is 1. The largest absolute Gasteiger partial charge is 0.377 e. The molecule has 1 aliphatic heterocycles. The van der Waals surface area contributed by atoms with Crippen molar-refractivity contribution in [1.82, 2.24) is 5.43 Å². The molecule has 1 heterocycles. The SMILES string of the molecule is Cc1ccc(N2NC(=O)C(=Cc3ccc(N(C)C)c(Br)c3)C2=O)cc1Cl. The van der Waals surface area contributed by atoms with Crippen LogP contribution >= 0.6 is 27.5 Å². The van der Waals surface area contributed by atoms with Crippen LogP contribution in [0.25, 0.3) is 6.08 Å². The second-order valence-electron chi connectivity index (χ2n) is 6.18. The van der Waals surface area contributed by atoms with Gasteiger partial charge in [0.1, 0.15) is 5.57 Å². The van der Waals surface area contributed by atoms with Crippen molar-refractivity contribution in [2.45, 2.75) is 6.92 Å². The van der Waals surface area contributed by atoms with Gasteiger partial charge in [0.15, 0.2) is 0 Å². The highest BCUT2D eigenvalue weighted by Gasteiger charge is 2.34. The molecule has 0 spiro atoms. The number of hydrazine groups is 1. The van der Waals surface area contributed by atoms with Gasteiger partial charge < -0.3 is 4.90 Å². The average Bonchev–Trinajstić information content (AvgIpc) is 2.85. The molecule has 2 amide bonds. The fourth-order valence-corrected chi connectivity index (χ4v) is 3.53. The molecule has 26 heavy (non-hydrogen) atoms. The van der Waals surface area contributed by atoms with Crippen LogP contribution < -0.4 is 15.3 Å². The number of carbonyl (C=O) groups excluding carboxylic acids is 2. The molecule has 5 nitrogen and oxygen atoms in total. The van der Waals surface area contributed by atoms with E-state index in [9.17, 15) is 9.59 Å². The van der Waals surface area contributed by atoms with Crippen LogP contribution in [0.1, 0.15) is 11.1 Å². The second-order valence-corrected chi connectivity index (χ2v) is 7.44. The lowest BCUT2D eigenvalue weighted by atomic mass is 10.1. The minimum Gasteiger partial charge on any atom is -0.377 e. The number of benzene rings is 2. The van der Waals surface area contributed by atoms with Crippen LogP contribution in [0, 0.1) is 6.92 Å². The molecule has 2 aromatic rings. The molecule has 0 saturated carbocycles. The van der Waals surface area contributed by atoms with Crippen molar-refractivity contribution in [3.8, 4) is 0 Å². The van der Waals surface area contributed by atoms with Crippen LogP contribution in [-0.2, 0) is 9.59 Å². The molecule has 1 N–H and O–H groups in total. The van der Waals surface area contributed by atoms with E-state index in [0.29, 0.717) is 10.7 Å². The predicted molar refractivity (Wildman–Crippen MR) is 108 cm³/mol. The van der Waals surface area contributed by atoms with Crippen molar-refractivity contribution in [3.05, 3.63) is 62.6 Å². The molecule has 1 saturated heterocycles. The zero-order valence-corrected chi connectivity index (χ0v) is 16.9. The number of nitrogens with zero attached hydrogens (tertiary/aromatic N) is 2. The summed E-state index contributed by atoms with van der Waals surface area (Å²) in [5.74, 6) is -0.859. The standard InChI is InChI=1S/C19H17BrClN3O2/c1-11-4-6-13(10-16(11)21)24-19(26)14(18(25)22-24)8-12-5-7-17(23(2)3)15(20)9-12/h4-10H,1-3H3,(H,22,25). The Labute approximate surface area is 165 Å². The summed E-state index contributed by atoms with van der Waals surface area (Å²) in [5.41, 5.74) is 5.83. The molecule has 7 heteroatoms. The van der Waals surface area contributed by atoms with Gasteiger partial charge in [-0.25, -0.2) is 5.01 Å². The zero-order valence-electron chi connectivity index (χ0n) is 14.5. The maximum Gasteiger partial charge on any atom is 0.282 e. The summed E-state index contributed by atoms with van der Waals surface area (Å²) in [6.07, 6.45) is 1.58. The van der Waals surface area contributed by atoms with E-state index in [4.69, 9.17) is 11.6 Å². The number of amides is 2. The van der Waals surface area contributed by atoms with E-state index < -0.39 is 11.8 Å². The van der Waals surface area contributed by atoms with Crippen LogP contribution in [0.3, 0.4) is 0 Å². The number of halogens is 2. The molecular formula is C19H17BrClN3O2. The Kier molecular flexibility index (Phi) is 5.07. The molecule has 2 aromatic carbocycles. The molecule has 1 aliphatic rings. The lowest BCUT2D eigenvalue weighted by molar-refractivity contribution is -0.117. The Morgan fingerprint density at radius 3 is 2.50 bits per heavy atom. The van der Waals surface area contributed by atoms with Gasteiger partial charge in [-0.15, -0.1) is 0 Å². The highest BCUT2D eigenvalue weighted by atomic mass is 79.9. The first-order valence-corrected chi connectivity index (χ1v) is 9.05. The van der Waals surface area contributed by atoms with E-state index in [1.54, 1.807) is 24.3 Å². The van der Waals surface area contributed by atoms with Crippen molar-refractivity contribution >= 4 is 56.8 Å². The average molecular weight is 435 g/mol. The van der Waals surface area contributed by atoms with Crippen LogP contribution in [0.5, 0.6) is 0 Å². The van der Waals surface area contributed by atoms with Gasteiger partial charge in [-0.05, 0) is 64.3 Å². The molecule has 0 radical (unpaired) electrons. The Morgan fingerprint density at radius 1 is 1.15 bits per heavy atom. The molecule has 0 atom stereocenters. The smallest absolute Gasteiger partial charge is 0.282 e. The molecule has 134 valence electrons. The summed E-state index contributed by atoms with van der Waals surface area (Å²) >= 11 is 9.63. The molecule has 0 bridgehead atoms. The fourth-order valence-electron chi connectivity index (χ4n) is 2.60. The van der Waals surface area contributed by atoms with Crippen molar-refractivity contribution in [1.29, 1.82) is 0 Å². The van der Waals surface area contributed by atoms with Crippen LogP contribution in [-0.4, -0.2) is 25.9 Å². The Balaban J connectivity index is 1.92. The van der Waals surface area contributed by atoms with Gasteiger partial charge in [0.25, 0.3) is 11.8 Å². The molecule has 0 aromatic heterocycles. The van der Waals surface area contributed by atoms with Crippen LogP contribution in [0.4, 0.5) is 11.4 Å². The van der Waals surface area contributed by atoms with E-state index in [1.165, 1.54) is 5.01 Å². The number of aryl methyl sites for hydroxylation is 1. The Bertz CT molecular complexity index is 940. The summed E-state index contributed by atoms with van der Waals surface area (Å²) in [6, 6.07) is 10.8. The monoisotopic (exact) mass is 433 g/mol. The van der Waals surface area contributed by atoms with Gasteiger partial charge in [0, 0.05) is 23.6 Å². The Morgan fingerprint density at radius 2 is 1.88 bits per heavy atom.